The summed E-state index contributed by atoms with van der Waals surface area (Å²) in [6, 6.07) is 5.52. The monoisotopic (exact) mass is 206 g/mol. The number of hydrogen-bond donors (Lipinski definition) is 2. The highest BCUT2D eigenvalue weighted by Gasteiger charge is 2.26. The van der Waals surface area contributed by atoms with Crippen LogP contribution in [0.15, 0.2) is 18.2 Å². The zero-order valence-electron chi connectivity index (χ0n) is 8.62. The van der Waals surface area contributed by atoms with E-state index in [-0.39, 0.29) is 5.91 Å². The van der Waals surface area contributed by atoms with Crippen molar-refractivity contribution in [2.24, 2.45) is 0 Å². The highest BCUT2D eigenvalue weighted by molar-refractivity contribution is 6.02. The molecule has 1 amide bonds. The molecular weight excluding hydrogens is 192 g/mol. The fourth-order valence-corrected chi connectivity index (χ4v) is 1.45. The van der Waals surface area contributed by atoms with Gasteiger partial charge in [0.15, 0.2) is 0 Å². The summed E-state index contributed by atoms with van der Waals surface area (Å²) in [6.07, 6.45) is 2.11. The number of benzene rings is 1. The van der Waals surface area contributed by atoms with Gasteiger partial charge in [-0.1, -0.05) is 6.07 Å². The Morgan fingerprint density at radius 2 is 2.27 bits per heavy atom. The van der Waals surface area contributed by atoms with Crippen molar-refractivity contribution in [1.29, 1.82) is 0 Å². The summed E-state index contributed by atoms with van der Waals surface area (Å²) in [5, 5.41) is 2.89. The van der Waals surface area contributed by atoms with Gasteiger partial charge in [0.1, 0.15) is 11.3 Å². The lowest BCUT2D eigenvalue weighted by Crippen LogP contribution is -2.26. The van der Waals surface area contributed by atoms with E-state index in [0.29, 0.717) is 23.0 Å². The third kappa shape index (κ3) is 2.03. The average Bonchev–Trinajstić information content (AvgIpc) is 3.00. The summed E-state index contributed by atoms with van der Waals surface area (Å²) in [7, 11) is 1.53. The molecule has 0 saturated heterocycles. The maximum atomic E-state index is 11.8. The Bertz CT molecular complexity index is 386. The Hall–Kier alpha value is -1.71. The van der Waals surface area contributed by atoms with Gasteiger partial charge in [-0.05, 0) is 25.0 Å². The minimum atomic E-state index is -0.146. The molecule has 0 aliphatic heterocycles. The van der Waals surface area contributed by atoms with Crippen molar-refractivity contribution in [3.63, 3.8) is 0 Å². The first-order valence-electron chi connectivity index (χ1n) is 4.95. The molecule has 15 heavy (non-hydrogen) atoms. The SMILES string of the molecule is COc1cccc(N)c1C(=O)NC1CC1. The molecule has 1 aliphatic carbocycles. The van der Waals surface area contributed by atoms with Gasteiger partial charge >= 0.3 is 0 Å². The van der Waals surface area contributed by atoms with Crippen molar-refractivity contribution in [1.82, 2.24) is 5.32 Å². The van der Waals surface area contributed by atoms with E-state index in [1.807, 2.05) is 0 Å². The van der Waals surface area contributed by atoms with E-state index in [1.54, 1.807) is 18.2 Å². The highest BCUT2D eigenvalue weighted by Crippen LogP contribution is 2.26. The van der Waals surface area contributed by atoms with Crippen LogP contribution in [0.25, 0.3) is 0 Å². The summed E-state index contributed by atoms with van der Waals surface area (Å²) >= 11 is 0. The van der Waals surface area contributed by atoms with Crippen LogP contribution in [0.4, 0.5) is 5.69 Å². The lowest BCUT2D eigenvalue weighted by Gasteiger charge is -2.10. The van der Waals surface area contributed by atoms with Crippen LogP contribution in [0.3, 0.4) is 0 Å². The van der Waals surface area contributed by atoms with Crippen molar-refractivity contribution in [2.75, 3.05) is 12.8 Å². The minimum Gasteiger partial charge on any atom is -0.496 e. The molecule has 0 spiro atoms. The number of nitrogens with two attached hydrogens (primary N) is 1. The Kier molecular flexibility index (Phi) is 2.49. The van der Waals surface area contributed by atoms with Crippen molar-refractivity contribution < 1.29 is 9.53 Å². The van der Waals surface area contributed by atoms with Gasteiger partial charge in [0.2, 0.25) is 0 Å². The summed E-state index contributed by atoms with van der Waals surface area (Å²) in [6.45, 7) is 0. The predicted octanol–water partition coefficient (Wildman–Crippen LogP) is 1.17. The lowest BCUT2D eigenvalue weighted by molar-refractivity contribution is 0.0949. The van der Waals surface area contributed by atoms with Gasteiger partial charge in [-0.15, -0.1) is 0 Å². The highest BCUT2D eigenvalue weighted by atomic mass is 16.5. The molecule has 1 aromatic rings. The zero-order chi connectivity index (χ0) is 10.8. The molecular formula is C11H14N2O2. The van der Waals surface area contributed by atoms with Crippen LogP contribution in [-0.4, -0.2) is 19.1 Å². The number of amides is 1. The molecule has 2 rings (SSSR count). The number of carbonyl (C=O) groups excluding carboxylic acids is 1. The van der Waals surface area contributed by atoms with Crippen LogP contribution < -0.4 is 15.8 Å². The molecule has 1 saturated carbocycles. The van der Waals surface area contributed by atoms with E-state index in [0.717, 1.165) is 12.8 Å². The van der Waals surface area contributed by atoms with Crippen LogP contribution in [-0.2, 0) is 0 Å². The number of ether oxygens (including phenoxy) is 1. The van der Waals surface area contributed by atoms with Crippen molar-refractivity contribution in [3.8, 4) is 5.75 Å². The quantitative estimate of drug-likeness (QED) is 0.730. The molecule has 1 fully saturated rings. The maximum absolute atomic E-state index is 11.8. The third-order valence-corrected chi connectivity index (χ3v) is 2.42. The van der Waals surface area contributed by atoms with E-state index in [9.17, 15) is 4.79 Å². The van der Waals surface area contributed by atoms with E-state index < -0.39 is 0 Å². The largest absolute Gasteiger partial charge is 0.496 e. The van der Waals surface area contributed by atoms with Gasteiger partial charge in [-0.3, -0.25) is 4.79 Å². The molecule has 4 nitrogen and oxygen atoms in total. The normalized spacial score (nSPS) is 14.7. The summed E-state index contributed by atoms with van der Waals surface area (Å²) < 4.78 is 5.11. The standard InChI is InChI=1S/C11H14N2O2/c1-15-9-4-2-3-8(12)10(9)11(14)13-7-5-6-7/h2-4,7H,5-6,12H2,1H3,(H,13,14). The Morgan fingerprint density at radius 3 is 2.87 bits per heavy atom. The van der Waals surface area contributed by atoms with E-state index in [4.69, 9.17) is 10.5 Å². The summed E-state index contributed by atoms with van der Waals surface area (Å²) in [5.74, 6) is 0.376. The van der Waals surface area contributed by atoms with E-state index >= 15 is 0 Å². The van der Waals surface area contributed by atoms with Crippen molar-refractivity contribution >= 4 is 11.6 Å². The molecule has 0 radical (unpaired) electrons. The molecule has 4 heteroatoms. The lowest BCUT2D eigenvalue weighted by atomic mass is 10.1. The van der Waals surface area contributed by atoms with Crippen LogP contribution in [0.1, 0.15) is 23.2 Å². The first-order chi connectivity index (χ1) is 7.22. The van der Waals surface area contributed by atoms with Gasteiger partial charge in [0.05, 0.1) is 7.11 Å². The molecule has 1 aliphatic rings. The smallest absolute Gasteiger partial charge is 0.257 e. The fraction of sp³-hybridized carbons (Fsp3) is 0.364. The Morgan fingerprint density at radius 1 is 1.53 bits per heavy atom. The number of nitrogen functional groups attached to an aromatic ring is 1. The number of anilines is 1. The number of nitrogens with one attached hydrogen (secondary N) is 1. The first kappa shape index (κ1) is 9.83. The molecule has 1 aromatic carbocycles. The van der Waals surface area contributed by atoms with Gasteiger partial charge in [0, 0.05) is 11.7 Å². The molecule has 3 N–H and O–H groups in total. The van der Waals surface area contributed by atoms with E-state index in [1.165, 1.54) is 7.11 Å². The van der Waals surface area contributed by atoms with Gasteiger partial charge in [0.25, 0.3) is 5.91 Å². The second-order valence-electron chi connectivity index (χ2n) is 3.67. The van der Waals surface area contributed by atoms with Gasteiger partial charge in [-0.2, -0.15) is 0 Å². The first-order valence-corrected chi connectivity index (χ1v) is 4.95. The van der Waals surface area contributed by atoms with Crippen LogP contribution >= 0.6 is 0 Å². The summed E-state index contributed by atoms with van der Waals surface area (Å²) in [4.78, 5) is 11.8. The topological polar surface area (TPSA) is 64.3 Å². The zero-order valence-corrected chi connectivity index (χ0v) is 8.62. The Balaban J connectivity index is 2.27. The Labute approximate surface area is 88.4 Å². The maximum Gasteiger partial charge on any atom is 0.257 e. The number of rotatable bonds is 3. The van der Waals surface area contributed by atoms with Crippen molar-refractivity contribution in [3.05, 3.63) is 23.8 Å². The summed E-state index contributed by atoms with van der Waals surface area (Å²) in [5.41, 5.74) is 6.64. The molecule has 80 valence electrons. The van der Waals surface area contributed by atoms with Crippen LogP contribution in [0.5, 0.6) is 5.75 Å². The number of hydrogen-bond acceptors (Lipinski definition) is 3. The third-order valence-electron chi connectivity index (χ3n) is 2.42. The number of methoxy groups -OCH3 is 1. The average molecular weight is 206 g/mol. The fourth-order valence-electron chi connectivity index (χ4n) is 1.45. The van der Waals surface area contributed by atoms with Crippen LogP contribution in [0.2, 0.25) is 0 Å². The number of carbonyl (C=O) groups is 1. The molecule has 0 atom stereocenters. The molecule has 0 heterocycles. The molecule has 0 unspecified atom stereocenters. The van der Waals surface area contributed by atoms with Gasteiger partial charge < -0.3 is 15.8 Å². The second-order valence-corrected chi connectivity index (χ2v) is 3.67. The second kappa shape index (κ2) is 3.81. The molecule has 0 aromatic heterocycles. The van der Waals surface area contributed by atoms with Crippen molar-refractivity contribution in [2.45, 2.75) is 18.9 Å². The molecule has 0 bridgehead atoms. The predicted molar refractivity (Wildman–Crippen MR) is 57.9 cm³/mol. The van der Waals surface area contributed by atoms with Crippen LogP contribution in [0, 0.1) is 0 Å². The van der Waals surface area contributed by atoms with E-state index in [2.05, 4.69) is 5.32 Å². The minimum absolute atomic E-state index is 0.146. The van der Waals surface area contributed by atoms with Gasteiger partial charge in [-0.25, -0.2) is 0 Å².